The Morgan fingerprint density at radius 3 is 2.86 bits per heavy atom. The minimum atomic E-state index is 0.730. The quantitative estimate of drug-likeness (QED) is 0.641. The number of hydrogen-bond acceptors (Lipinski definition) is 2. The largest absolute Gasteiger partial charge is 0.356 e. The molecule has 1 aliphatic heterocycles. The second-order valence-corrected chi connectivity index (χ2v) is 6.78. The van der Waals surface area contributed by atoms with E-state index in [1.165, 1.54) is 25.1 Å². The lowest BCUT2D eigenvalue weighted by Gasteiger charge is -2.24. The number of aliphatic imine (C=N–C) groups is 1. The molecular weight excluding hydrogens is 340 g/mol. The van der Waals surface area contributed by atoms with Crippen LogP contribution in [0.2, 0.25) is 0 Å². The number of nitrogens with zero attached hydrogens (tertiary/aromatic N) is 3. The number of guanidine groups is 1. The molecule has 122 valence electrons. The molecule has 1 N–H and O–H groups in total. The van der Waals surface area contributed by atoms with E-state index in [0.717, 1.165) is 36.0 Å². The summed E-state index contributed by atoms with van der Waals surface area (Å²) in [5.74, 6) is 1.69. The number of nitrogens with one attached hydrogen (secondary N) is 1. The molecule has 0 amide bonds. The van der Waals surface area contributed by atoms with Crippen LogP contribution in [0.5, 0.6) is 0 Å². The monoisotopic (exact) mass is 366 g/mol. The van der Waals surface area contributed by atoms with Gasteiger partial charge in [-0.05, 0) is 37.1 Å². The topological polar surface area (TPSA) is 30.9 Å². The highest BCUT2D eigenvalue weighted by atomic mass is 79.9. The number of hydrogen-bond donors (Lipinski definition) is 1. The number of benzene rings is 1. The lowest BCUT2D eigenvalue weighted by Crippen LogP contribution is -2.41. The standard InChI is InChI=1S/C17H27BrN4/c1-4-22-10-9-14(12-22)11-20-17(19-2)21(3)13-15-7-5-6-8-16(15)18/h5-8,14H,4,9-13H2,1-3H3,(H,19,20). The number of halogens is 1. The van der Waals surface area contributed by atoms with Crippen LogP contribution >= 0.6 is 15.9 Å². The molecule has 0 aliphatic carbocycles. The van der Waals surface area contributed by atoms with Crippen LogP contribution in [0.3, 0.4) is 0 Å². The lowest BCUT2D eigenvalue weighted by atomic mass is 10.1. The molecule has 1 atom stereocenters. The molecule has 22 heavy (non-hydrogen) atoms. The molecule has 0 bridgehead atoms. The van der Waals surface area contributed by atoms with Gasteiger partial charge in [0.1, 0.15) is 0 Å². The van der Waals surface area contributed by atoms with Crippen molar-refractivity contribution in [3.05, 3.63) is 34.3 Å². The van der Waals surface area contributed by atoms with Crippen molar-refractivity contribution >= 4 is 21.9 Å². The minimum Gasteiger partial charge on any atom is -0.356 e. The summed E-state index contributed by atoms with van der Waals surface area (Å²) in [5.41, 5.74) is 1.27. The van der Waals surface area contributed by atoms with Crippen molar-refractivity contribution in [2.24, 2.45) is 10.9 Å². The van der Waals surface area contributed by atoms with Gasteiger partial charge in [-0.1, -0.05) is 41.1 Å². The van der Waals surface area contributed by atoms with Crippen LogP contribution in [-0.4, -0.2) is 56.0 Å². The van der Waals surface area contributed by atoms with Gasteiger partial charge in [-0.15, -0.1) is 0 Å². The molecule has 1 unspecified atom stereocenters. The summed E-state index contributed by atoms with van der Waals surface area (Å²) in [5, 5.41) is 3.53. The van der Waals surface area contributed by atoms with E-state index in [1.807, 2.05) is 13.1 Å². The van der Waals surface area contributed by atoms with Gasteiger partial charge in [0.2, 0.25) is 0 Å². The van der Waals surface area contributed by atoms with Crippen molar-refractivity contribution in [2.45, 2.75) is 19.9 Å². The number of rotatable bonds is 5. The number of likely N-dealkylation sites (tertiary alicyclic amines) is 1. The molecule has 1 fully saturated rings. The average Bonchev–Trinajstić information content (AvgIpc) is 2.98. The summed E-state index contributed by atoms with van der Waals surface area (Å²) in [4.78, 5) is 9.10. The first-order valence-corrected chi connectivity index (χ1v) is 8.80. The van der Waals surface area contributed by atoms with Gasteiger partial charge in [-0.3, -0.25) is 4.99 Å². The molecule has 1 heterocycles. The molecular formula is C17H27BrN4. The second kappa shape index (κ2) is 8.53. The normalized spacial score (nSPS) is 19.5. The minimum absolute atomic E-state index is 0.730. The van der Waals surface area contributed by atoms with Crippen LogP contribution in [0.15, 0.2) is 33.7 Å². The van der Waals surface area contributed by atoms with Gasteiger partial charge in [0.05, 0.1) is 0 Å². The Labute approximate surface area is 142 Å². The maximum atomic E-state index is 4.42. The van der Waals surface area contributed by atoms with E-state index in [0.29, 0.717) is 0 Å². The molecule has 1 aliphatic rings. The molecule has 0 spiro atoms. The fourth-order valence-corrected chi connectivity index (χ4v) is 3.35. The highest BCUT2D eigenvalue weighted by Crippen LogP contribution is 2.18. The Hall–Kier alpha value is -1.07. The van der Waals surface area contributed by atoms with E-state index in [9.17, 15) is 0 Å². The van der Waals surface area contributed by atoms with Gasteiger partial charge in [-0.2, -0.15) is 0 Å². The Bertz CT molecular complexity index is 503. The second-order valence-electron chi connectivity index (χ2n) is 5.92. The van der Waals surface area contributed by atoms with Crippen LogP contribution in [0.4, 0.5) is 0 Å². The summed E-state index contributed by atoms with van der Waals surface area (Å²) < 4.78 is 1.15. The maximum Gasteiger partial charge on any atom is 0.193 e. The van der Waals surface area contributed by atoms with Crippen molar-refractivity contribution in [3.63, 3.8) is 0 Å². The van der Waals surface area contributed by atoms with E-state index in [2.05, 4.69) is 68.2 Å². The predicted octanol–water partition coefficient (Wildman–Crippen LogP) is 2.80. The highest BCUT2D eigenvalue weighted by Gasteiger charge is 2.21. The first-order chi connectivity index (χ1) is 10.6. The van der Waals surface area contributed by atoms with Crippen LogP contribution in [0.1, 0.15) is 18.9 Å². The summed E-state index contributed by atoms with van der Waals surface area (Å²) in [6.45, 7) is 7.67. The van der Waals surface area contributed by atoms with E-state index >= 15 is 0 Å². The summed E-state index contributed by atoms with van der Waals surface area (Å²) in [6, 6.07) is 8.34. The maximum absolute atomic E-state index is 4.42. The molecule has 1 aromatic carbocycles. The van der Waals surface area contributed by atoms with E-state index in [-0.39, 0.29) is 0 Å². The third kappa shape index (κ3) is 4.71. The molecule has 5 heteroatoms. The van der Waals surface area contributed by atoms with Crippen molar-refractivity contribution in [3.8, 4) is 0 Å². The molecule has 2 rings (SSSR count). The van der Waals surface area contributed by atoms with E-state index in [4.69, 9.17) is 0 Å². The van der Waals surface area contributed by atoms with Crippen LogP contribution < -0.4 is 5.32 Å². The van der Waals surface area contributed by atoms with Crippen molar-refractivity contribution in [1.82, 2.24) is 15.1 Å². The molecule has 0 saturated carbocycles. The highest BCUT2D eigenvalue weighted by molar-refractivity contribution is 9.10. The Morgan fingerprint density at radius 2 is 2.23 bits per heavy atom. The van der Waals surface area contributed by atoms with Crippen molar-refractivity contribution in [2.75, 3.05) is 40.3 Å². The summed E-state index contributed by atoms with van der Waals surface area (Å²) in [7, 11) is 3.94. The van der Waals surface area contributed by atoms with E-state index in [1.54, 1.807) is 0 Å². The van der Waals surface area contributed by atoms with Crippen molar-refractivity contribution < 1.29 is 0 Å². The smallest absolute Gasteiger partial charge is 0.193 e. The summed E-state index contributed by atoms with van der Waals surface area (Å²) >= 11 is 3.61. The lowest BCUT2D eigenvalue weighted by molar-refractivity contribution is 0.340. The molecule has 0 radical (unpaired) electrons. The van der Waals surface area contributed by atoms with Gasteiger partial charge in [0.25, 0.3) is 0 Å². The fourth-order valence-electron chi connectivity index (χ4n) is 2.94. The van der Waals surface area contributed by atoms with E-state index < -0.39 is 0 Å². The molecule has 4 nitrogen and oxygen atoms in total. The Balaban J connectivity index is 1.85. The van der Waals surface area contributed by atoms with Gasteiger partial charge >= 0.3 is 0 Å². The average molecular weight is 367 g/mol. The van der Waals surface area contributed by atoms with Crippen LogP contribution in [-0.2, 0) is 6.54 Å². The van der Waals surface area contributed by atoms with Gasteiger partial charge in [0, 0.05) is 38.2 Å². The molecule has 1 aromatic rings. The Morgan fingerprint density at radius 1 is 1.45 bits per heavy atom. The third-order valence-electron chi connectivity index (χ3n) is 4.30. The Kier molecular flexibility index (Phi) is 6.70. The van der Waals surface area contributed by atoms with Gasteiger partial charge in [-0.25, -0.2) is 0 Å². The zero-order chi connectivity index (χ0) is 15.9. The van der Waals surface area contributed by atoms with Gasteiger partial charge < -0.3 is 15.1 Å². The predicted molar refractivity (Wildman–Crippen MR) is 97.2 cm³/mol. The van der Waals surface area contributed by atoms with Crippen molar-refractivity contribution in [1.29, 1.82) is 0 Å². The molecule has 0 aromatic heterocycles. The van der Waals surface area contributed by atoms with Crippen LogP contribution in [0.25, 0.3) is 0 Å². The van der Waals surface area contributed by atoms with Gasteiger partial charge in [0.15, 0.2) is 5.96 Å². The first-order valence-electron chi connectivity index (χ1n) is 8.01. The summed E-state index contributed by atoms with van der Waals surface area (Å²) in [6.07, 6.45) is 1.28. The first kappa shape index (κ1) is 17.3. The van der Waals surface area contributed by atoms with Crippen LogP contribution in [0, 0.1) is 5.92 Å². The SMILES string of the molecule is CCN1CCC(CNC(=NC)N(C)Cc2ccccc2Br)C1. The third-order valence-corrected chi connectivity index (χ3v) is 5.08. The zero-order valence-electron chi connectivity index (χ0n) is 13.8. The fraction of sp³-hybridized carbons (Fsp3) is 0.588. The molecule has 1 saturated heterocycles. The zero-order valence-corrected chi connectivity index (χ0v) is 15.4.